The van der Waals surface area contributed by atoms with E-state index in [2.05, 4.69) is 10.0 Å². The summed E-state index contributed by atoms with van der Waals surface area (Å²) < 4.78 is 27.0. The van der Waals surface area contributed by atoms with Gasteiger partial charge in [0.1, 0.15) is 0 Å². The first kappa shape index (κ1) is 16.5. The Morgan fingerprint density at radius 1 is 1.29 bits per heavy atom. The quantitative estimate of drug-likeness (QED) is 0.759. The monoisotopic (exact) mass is 352 g/mol. The van der Waals surface area contributed by atoms with Crippen molar-refractivity contribution in [3.8, 4) is 0 Å². The van der Waals surface area contributed by atoms with Crippen molar-refractivity contribution in [3.63, 3.8) is 0 Å². The molecule has 116 valence electrons. The Labute approximate surface area is 132 Å². The third-order valence-corrected chi connectivity index (χ3v) is 5.48. The van der Waals surface area contributed by atoms with Crippen LogP contribution in [0.25, 0.3) is 0 Å². The van der Waals surface area contributed by atoms with Gasteiger partial charge in [0.15, 0.2) is 0 Å². The fourth-order valence-electron chi connectivity index (χ4n) is 2.15. The van der Waals surface area contributed by atoms with Crippen molar-refractivity contribution in [1.29, 1.82) is 0 Å². The second-order valence-corrected chi connectivity index (χ2v) is 7.35. The molecular formula is C12H14Cl2N2O4S. The third kappa shape index (κ3) is 4.08. The summed E-state index contributed by atoms with van der Waals surface area (Å²) in [5, 5.41) is 12.3. The van der Waals surface area contributed by atoms with Crippen molar-refractivity contribution in [2.24, 2.45) is 5.92 Å². The van der Waals surface area contributed by atoms with Crippen molar-refractivity contribution < 1.29 is 18.3 Å². The number of piperidine rings is 1. The molecule has 1 heterocycles. The number of rotatable bonds is 4. The Hall–Kier alpha value is -0.860. The Kier molecular flexibility index (Phi) is 5.11. The van der Waals surface area contributed by atoms with Gasteiger partial charge in [-0.1, -0.05) is 23.2 Å². The maximum Gasteiger partial charge on any atom is 0.307 e. The molecule has 0 aromatic heterocycles. The predicted molar refractivity (Wildman–Crippen MR) is 79.2 cm³/mol. The molecule has 0 aliphatic carbocycles. The molecule has 9 heteroatoms. The Morgan fingerprint density at radius 2 is 2.00 bits per heavy atom. The zero-order chi connectivity index (χ0) is 15.6. The fraction of sp³-hybridized carbons (Fsp3) is 0.417. The number of hydrogen-bond donors (Lipinski definition) is 3. The second-order valence-electron chi connectivity index (χ2n) is 4.82. The van der Waals surface area contributed by atoms with Crippen LogP contribution in [-0.2, 0) is 14.8 Å². The zero-order valence-electron chi connectivity index (χ0n) is 10.8. The van der Waals surface area contributed by atoms with E-state index in [1.165, 1.54) is 18.2 Å². The lowest BCUT2D eigenvalue weighted by atomic mass is 9.97. The first-order valence-electron chi connectivity index (χ1n) is 6.20. The number of carboxylic acids is 1. The largest absolute Gasteiger partial charge is 0.481 e. The lowest BCUT2D eigenvalue weighted by Gasteiger charge is -2.28. The number of nitrogens with one attached hydrogen (secondary N) is 2. The van der Waals surface area contributed by atoms with Gasteiger partial charge < -0.3 is 10.4 Å². The summed E-state index contributed by atoms with van der Waals surface area (Å²) in [4.78, 5) is 11.0. The first-order chi connectivity index (χ1) is 9.79. The van der Waals surface area contributed by atoms with Crippen molar-refractivity contribution in [3.05, 3.63) is 28.2 Å². The zero-order valence-corrected chi connectivity index (χ0v) is 13.2. The molecule has 0 saturated carbocycles. The molecule has 1 aliphatic rings. The standard InChI is InChI=1S/C12H14Cl2N2O4S/c13-10-2-1-9(4-11(10)14)21(19,20)16-8-3-7(12(17)18)5-15-6-8/h1-2,4,7-8,15-16H,3,5-6H2,(H,17,18)/t7-,8+/m0/s1. The van der Waals surface area contributed by atoms with Crippen LogP contribution < -0.4 is 10.0 Å². The molecule has 1 aliphatic heterocycles. The molecule has 0 amide bonds. The number of aliphatic carboxylic acids is 1. The highest BCUT2D eigenvalue weighted by atomic mass is 35.5. The normalized spacial score (nSPS) is 23.0. The van der Waals surface area contributed by atoms with Gasteiger partial charge in [0.2, 0.25) is 10.0 Å². The van der Waals surface area contributed by atoms with Crippen molar-refractivity contribution in [2.75, 3.05) is 13.1 Å². The molecule has 0 radical (unpaired) electrons. The number of sulfonamides is 1. The van der Waals surface area contributed by atoms with Crippen LogP contribution in [0.2, 0.25) is 10.0 Å². The molecule has 2 atom stereocenters. The van der Waals surface area contributed by atoms with E-state index in [-0.39, 0.29) is 21.4 Å². The van der Waals surface area contributed by atoms with E-state index in [1.807, 2.05) is 0 Å². The van der Waals surface area contributed by atoms with Crippen LogP contribution in [0.4, 0.5) is 0 Å². The summed E-state index contributed by atoms with van der Waals surface area (Å²) in [6.07, 6.45) is 0.239. The summed E-state index contributed by atoms with van der Waals surface area (Å²) in [5.41, 5.74) is 0. The van der Waals surface area contributed by atoms with Gasteiger partial charge in [-0.25, -0.2) is 13.1 Å². The van der Waals surface area contributed by atoms with Crippen LogP contribution in [0, 0.1) is 5.92 Å². The van der Waals surface area contributed by atoms with Gasteiger partial charge in [-0.2, -0.15) is 0 Å². The molecule has 6 nitrogen and oxygen atoms in total. The topological polar surface area (TPSA) is 95.5 Å². The molecule has 1 saturated heterocycles. The van der Waals surface area contributed by atoms with Gasteiger partial charge in [0.05, 0.1) is 20.9 Å². The average molecular weight is 353 g/mol. The molecule has 3 N–H and O–H groups in total. The molecule has 21 heavy (non-hydrogen) atoms. The summed E-state index contributed by atoms with van der Waals surface area (Å²) in [5.74, 6) is -1.55. The first-order valence-corrected chi connectivity index (χ1v) is 8.44. The van der Waals surface area contributed by atoms with Gasteiger partial charge >= 0.3 is 5.97 Å². The van der Waals surface area contributed by atoms with E-state index in [1.54, 1.807) is 0 Å². The SMILES string of the molecule is O=C(O)[C@@H]1CNC[C@H](NS(=O)(=O)c2ccc(Cl)c(Cl)c2)C1. The highest BCUT2D eigenvalue weighted by Crippen LogP contribution is 2.25. The van der Waals surface area contributed by atoms with Crippen molar-refractivity contribution in [1.82, 2.24) is 10.0 Å². The van der Waals surface area contributed by atoms with Gasteiger partial charge in [-0.15, -0.1) is 0 Å². The van der Waals surface area contributed by atoms with E-state index < -0.39 is 28.0 Å². The van der Waals surface area contributed by atoms with E-state index in [0.717, 1.165) is 0 Å². The van der Waals surface area contributed by atoms with Crippen LogP contribution in [0.1, 0.15) is 6.42 Å². The van der Waals surface area contributed by atoms with Crippen LogP contribution in [0.3, 0.4) is 0 Å². The van der Waals surface area contributed by atoms with E-state index in [4.69, 9.17) is 28.3 Å². The number of halogens is 2. The smallest absolute Gasteiger partial charge is 0.307 e. The lowest BCUT2D eigenvalue weighted by Crippen LogP contribution is -2.50. The van der Waals surface area contributed by atoms with E-state index >= 15 is 0 Å². The van der Waals surface area contributed by atoms with Crippen LogP contribution in [0.15, 0.2) is 23.1 Å². The Bertz CT molecular complexity index is 651. The average Bonchev–Trinajstić information content (AvgIpc) is 2.41. The van der Waals surface area contributed by atoms with Crippen molar-refractivity contribution in [2.45, 2.75) is 17.4 Å². The molecule has 1 fully saturated rings. The van der Waals surface area contributed by atoms with E-state index in [9.17, 15) is 13.2 Å². The van der Waals surface area contributed by atoms with Gasteiger partial charge in [0, 0.05) is 19.1 Å². The molecule has 0 spiro atoms. The van der Waals surface area contributed by atoms with Crippen LogP contribution >= 0.6 is 23.2 Å². The Morgan fingerprint density at radius 3 is 2.62 bits per heavy atom. The summed E-state index contributed by atoms with van der Waals surface area (Å²) >= 11 is 11.6. The van der Waals surface area contributed by atoms with Gasteiger partial charge in [-0.05, 0) is 24.6 Å². The molecule has 2 rings (SSSR count). The molecule has 1 aromatic rings. The molecule has 0 bridgehead atoms. The number of hydrogen-bond acceptors (Lipinski definition) is 4. The predicted octanol–water partition coefficient (Wildman–Crippen LogP) is 1.33. The summed E-state index contributed by atoms with van der Waals surface area (Å²) in [6.45, 7) is 0.713. The number of benzene rings is 1. The molecular weight excluding hydrogens is 339 g/mol. The number of carboxylic acid groups (broad SMARTS) is 1. The minimum atomic E-state index is -3.77. The summed E-state index contributed by atoms with van der Waals surface area (Å²) in [6, 6.07) is 3.52. The number of carbonyl (C=O) groups is 1. The fourth-order valence-corrected chi connectivity index (χ4v) is 3.79. The minimum absolute atomic E-state index is 0.00523. The van der Waals surface area contributed by atoms with Gasteiger partial charge in [-0.3, -0.25) is 4.79 Å². The van der Waals surface area contributed by atoms with Crippen molar-refractivity contribution >= 4 is 39.2 Å². The third-order valence-electron chi connectivity index (χ3n) is 3.22. The minimum Gasteiger partial charge on any atom is -0.481 e. The van der Waals surface area contributed by atoms with Crippen LogP contribution in [-0.4, -0.2) is 38.6 Å². The maximum absolute atomic E-state index is 12.3. The molecule has 1 aromatic carbocycles. The summed E-state index contributed by atoms with van der Waals surface area (Å²) in [7, 11) is -3.77. The Balaban J connectivity index is 2.13. The van der Waals surface area contributed by atoms with Gasteiger partial charge in [0.25, 0.3) is 0 Å². The molecule has 0 unspecified atom stereocenters. The lowest BCUT2D eigenvalue weighted by molar-refractivity contribution is -0.142. The van der Waals surface area contributed by atoms with Crippen LogP contribution in [0.5, 0.6) is 0 Å². The maximum atomic E-state index is 12.3. The highest BCUT2D eigenvalue weighted by Gasteiger charge is 2.30. The second kappa shape index (κ2) is 6.50. The highest BCUT2D eigenvalue weighted by molar-refractivity contribution is 7.89. The van der Waals surface area contributed by atoms with E-state index in [0.29, 0.717) is 13.1 Å².